The summed E-state index contributed by atoms with van der Waals surface area (Å²) in [5.74, 6) is -0.508. The molecule has 0 aliphatic carbocycles. The second-order valence-corrected chi connectivity index (χ2v) is 4.09. The Kier molecular flexibility index (Phi) is 3.31. The number of nitrogens with one attached hydrogen (secondary N) is 1. The molecular weight excluding hydrogens is 230 g/mol. The predicted octanol–water partition coefficient (Wildman–Crippen LogP) is 0.803. The average Bonchev–Trinajstić information content (AvgIpc) is 2.89. The van der Waals surface area contributed by atoms with E-state index in [2.05, 4.69) is 16.9 Å². The van der Waals surface area contributed by atoms with Crippen molar-refractivity contribution in [3.63, 3.8) is 0 Å². The minimum Gasteiger partial charge on any atom is -0.336 e. The third-order valence-corrected chi connectivity index (χ3v) is 2.93. The fraction of sp³-hybridized carbons (Fsp3) is 0.308. The van der Waals surface area contributed by atoms with Crippen LogP contribution >= 0.6 is 0 Å². The Balaban J connectivity index is 2.00. The van der Waals surface area contributed by atoms with Crippen LogP contribution in [0, 0.1) is 5.92 Å². The quantitative estimate of drug-likeness (QED) is 0.859. The monoisotopic (exact) mass is 247 g/mol. The summed E-state index contributed by atoms with van der Waals surface area (Å²) in [6, 6.07) is 3.32. The lowest BCUT2D eigenvalue weighted by molar-refractivity contribution is -0.123. The van der Waals surface area contributed by atoms with Crippen molar-refractivity contribution in [3.05, 3.63) is 42.8 Å². The molecule has 94 valence electrons. The molecule has 0 saturated carbocycles. The van der Waals surface area contributed by atoms with E-state index in [-0.39, 0.29) is 23.8 Å². The molecule has 5 heteroatoms. The largest absolute Gasteiger partial charge is 0.336 e. The van der Waals surface area contributed by atoms with Crippen molar-refractivity contribution in [1.29, 1.82) is 0 Å². The maximum absolute atomic E-state index is 12.1. The van der Waals surface area contributed by atoms with Gasteiger partial charge < -0.3 is 10.2 Å². The molecular formula is C13H15N3O2. The molecule has 1 N–H and O–H groups in total. The summed E-state index contributed by atoms with van der Waals surface area (Å²) in [6.45, 7) is 4.37. The lowest BCUT2D eigenvalue weighted by Gasteiger charge is -2.15. The molecule has 1 aliphatic rings. The van der Waals surface area contributed by atoms with Gasteiger partial charge >= 0.3 is 0 Å². The van der Waals surface area contributed by atoms with Crippen molar-refractivity contribution in [2.75, 3.05) is 13.1 Å². The Morgan fingerprint density at radius 2 is 2.50 bits per heavy atom. The Morgan fingerprint density at radius 1 is 1.67 bits per heavy atom. The van der Waals surface area contributed by atoms with Crippen molar-refractivity contribution in [3.8, 4) is 0 Å². The molecule has 0 aromatic carbocycles. The van der Waals surface area contributed by atoms with E-state index in [4.69, 9.17) is 1.37 Å². The van der Waals surface area contributed by atoms with Crippen LogP contribution in [-0.2, 0) is 4.79 Å². The summed E-state index contributed by atoms with van der Waals surface area (Å²) in [7, 11) is 0. The van der Waals surface area contributed by atoms with Crippen LogP contribution in [0.5, 0.6) is 0 Å². The first-order valence-corrected chi connectivity index (χ1v) is 5.75. The van der Waals surface area contributed by atoms with E-state index in [9.17, 15) is 9.59 Å². The predicted molar refractivity (Wildman–Crippen MR) is 66.6 cm³/mol. The Labute approximate surface area is 107 Å². The molecule has 1 aliphatic heterocycles. The van der Waals surface area contributed by atoms with Gasteiger partial charge in [0.1, 0.15) is 5.69 Å². The maximum Gasteiger partial charge on any atom is 0.272 e. The number of carbonyl (C=O) groups excluding carboxylic acids is 2. The minimum absolute atomic E-state index is 0.111. The van der Waals surface area contributed by atoms with Gasteiger partial charge in [0, 0.05) is 19.3 Å². The highest BCUT2D eigenvalue weighted by molar-refractivity contribution is 5.93. The molecule has 1 fully saturated rings. The Morgan fingerprint density at radius 3 is 3.17 bits per heavy atom. The van der Waals surface area contributed by atoms with Gasteiger partial charge in [-0.3, -0.25) is 14.6 Å². The molecule has 18 heavy (non-hydrogen) atoms. The summed E-state index contributed by atoms with van der Waals surface area (Å²) in [5.41, 5.74) is 0.306. The van der Waals surface area contributed by atoms with Gasteiger partial charge in [0.2, 0.25) is 5.91 Å². The van der Waals surface area contributed by atoms with E-state index >= 15 is 0 Å². The van der Waals surface area contributed by atoms with Crippen LogP contribution < -0.4 is 5.32 Å². The van der Waals surface area contributed by atoms with E-state index in [1.54, 1.807) is 4.90 Å². The third-order valence-electron chi connectivity index (χ3n) is 2.93. The molecule has 0 bridgehead atoms. The van der Waals surface area contributed by atoms with Gasteiger partial charge in [0.05, 0.1) is 7.29 Å². The van der Waals surface area contributed by atoms with Crippen LogP contribution in [0.25, 0.3) is 0 Å². The van der Waals surface area contributed by atoms with Crippen LogP contribution in [0.15, 0.2) is 37.2 Å². The number of rotatable bonds is 3. The van der Waals surface area contributed by atoms with Gasteiger partial charge in [-0.05, 0) is 24.7 Å². The normalized spacial score (nSPS) is 19.2. The second kappa shape index (κ2) is 5.44. The maximum atomic E-state index is 12.1. The van der Waals surface area contributed by atoms with Crippen LogP contribution in [0.3, 0.4) is 0 Å². The molecule has 0 radical (unpaired) electrons. The highest BCUT2D eigenvalue weighted by Gasteiger charge is 2.31. The van der Waals surface area contributed by atoms with E-state index in [0.717, 1.165) is 0 Å². The molecule has 1 aromatic heterocycles. The molecule has 1 aromatic rings. The van der Waals surface area contributed by atoms with Crippen molar-refractivity contribution in [1.82, 2.24) is 15.2 Å². The topological polar surface area (TPSA) is 62.3 Å². The van der Waals surface area contributed by atoms with Gasteiger partial charge in [-0.25, -0.2) is 0 Å². The first-order valence-electron chi connectivity index (χ1n) is 6.25. The summed E-state index contributed by atoms with van der Waals surface area (Å²) < 4.78 is 7.33. The van der Waals surface area contributed by atoms with Gasteiger partial charge in [0.15, 0.2) is 0 Å². The number of likely N-dealkylation sites (tertiary alicyclic amines) is 1. The molecule has 2 heterocycles. The fourth-order valence-corrected chi connectivity index (χ4v) is 1.99. The number of pyridine rings is 1. The van der Waals surface area contributed by atoms with Crippen molar-refractivity contribution < 1.29 is 11.0 Å². The first-order chi connectivity index (χ1) is 9.11. The van der Waals surface area contributed by atoms with E-state index < -0.39 is 0 Å². The van der Waals surface area contributed by atoms with Crippen LogP contribution in [-0.4, -0.2) is 34.8 Å². The molecule has 2 amide bonds. The summed E-state index contributed by atoms with van der Waals surface area (Å²) >= 11 is 0. The van der Waals surface area contributed by atoms with E-state index in [0.29, 0.717) is 25.2 Å². The van der Waals surface area contributed by atoms with Gasteiger partial charge in [-0.15, -0.1) is 0 Å². The number of hydrogen-bond donors (Lipinski definition) is 1. The SMILES string of the molecule is [3H]c1ccc(C(=O)N2CCC(C(=O)NC=C)C2)nc1. The Hall–Kier alpha value is -2.17. The number of nitrogens with zero attached hydrogens (tertiary/aromatic N) is 2. The molecule has 1 saturated heterocycles. The molecule has 1 atom stereocenters. The van der Waals surface area contributed by atoms with Gasteiger partial charge in [-0.2, -0.15) is 0 Å². The highest BCUT2D eigenvalue weighted by Crippen LogP contribution is 2.18. The van der Waals surface area contributed by atoms with Gasteiger partial charge in [-0.1, -0.05) is 12.6 Å². The average molecular weight is 247 g/mol. The van der Waals surface area contributed by atoms with Crippen molar-refractivity contribution in [2.45, 2.75) is 6.42 Å². The van der Waals surface area contributed by atoms with Crippen LogP contribution in [0.1, 0.15) is 18.3 Å². The number of hydrogen-bond acceptors (Lipinski definition) is 3. The molecule has 5 nitrogen and oxygen atoms in total. The van der Waals surface area contributed by atoms with E-state index in [1.807, 2.05) is 0 Å². The minimum atomic E-state index is -0.200. The van der Waals surface area contributed by atoms with Crippen molar-refractivity contribution in [2.24, 2.45) is 5.92 Å². The number of amides is 2. The standard InChI is InChI=1S/C13H15N3O2/c1-2-14-12(17)10-6-8-16(9-10)13(18)11-5-3-4-7-15-11/h2-5,7,10H,1,6,8-9H2,(H,14,17)/i4T. The highest BCUT2D eigenvalue weighted by atomic mass is 16.2. The molecule has 1 unspecified atom stereocenters. The lowest BCUT2D eigenvalue weighted by Crippen LogP contribution is -2.33. The summed E-state index contributed by atoms with van der Waals surface area (Å²) in [4.78, 5) is 29.3. The zero-order valence-electron chi connectivity index (χ0n) is 10.9. The lowest BCUT2D eigenvalue weighted by atomic mass is 10.1. The zero-order chi connectivity index (χ0) is 13.8. The summed E-state index contributed by atoms with van der Waals surface area (Å²) in [5, 5.41) is 2.54. The number of aromatic nitrogens is 1. The first kappa shape index (κ1) is 11.0. The smallest absolute Gasteiger partial charge is 0.272 e. The summed E-state index contributed by atoms with van der Waals surface area (Å²) in [6.07, 6.45) is 3.33. The van der Waals surface area contributed by atoms with Gasteiger partial charge in [0.25, 0.3) is 5.91 Å². The van der Waals surface area contributed by atoms with E-state index in [1.165, 1.54) is 24.5 Å². The number of carbonyl (C=O) groups is 2. The van der Waals surface area contributed by atoms with Crippen LogP contribution in [0.4, 0.5) is 0 Å². The Bertz CT molecular complexity index is 501. The van der Waals surface area contributed by atoms with Crippen LogP contribution in [0.2, 0.25) is 0 Å². The molecule has 2 rings (SSSR count). The second-order valence-electron chi connectivity index (χ2n) is 4.09. The van der Waals surface area contributed by atoms with Crippen molar-refractivity contribution >= 4 is 11.8 Å². The molecule has 0 spiro atoms. The zero-order valence-corrected chi connectivity index (χ0v) is 9.93. The fourth-order valence-electron chi connectivity index (χ4n) is 1.99. The third kappa shape index (κ3) is 2.56.